The Kier molecular flexibility index (Phi) is 22.9. The SMILES string of the molecule is C/C=C(\C=C/Cc1ccccc1)C1=C2C(=O)C(=C1c1cccc(-c3ccccc3)c1)c1ccc(cc1)C1=C(c3ccc(-c4ccccc4)cc3)C(c3cccc(O)c3)=C(C1=O)c1ccc(cc1)C1=C(C3=CCC(c4ccccc4)C=C3)C(C3C=C(c4ccccc4)C=CC3)=C(C1=O)C1C=CC(=CC1)C1=C(c3ccc(-c4ccccc4)cc3)C(c3cccc(-c4ccccc4)c3)=C(C1=O)c1ccc2cc1. The Hall–Kier alpha value is -17.4. The van der Waals surface area contributed by atoms with Crippen LogP contribution in [-0.2, 0) is 25.6 Å². The minimum atomic E-state index is -0.476. The van der Waals surface area contributed by atoms with Crippen LogP contribution in [0.1, 0.15) is 110 Å². The zero-order chi connectivity index (χ0) is 93.6. The van der Waals surface area contributed by atoms with Crippen molar-refractivity contribution in [2.75, 3.05) is 0 Å². The van der Waals surface area contributed by atoms with Gasteiger partial charge < -0.3 is 5.11 Å². The molecule has 660 valence electrons. The van der Waals surface area contributed by atoms with Crippen LogP contribution in [0.15, 0.2) is 524 Å². The van der Waals surface area contributed by atoms with Gasteiger partial charge in [-0.2, -0.15) is 0 Å². The summed E-state index contributed by atoms with van der Waals surface area (Å²) in [7, 11) is 0. The molecule has 0 saturated heterocycles. The highest BCUT2D eigenvalue weighted by atomic mass is 16.3. The molecule has 14 aliphatic carbocycles. The molecule has 5 heteroatoms. The predicted molar refractivity (Wildman–Crippen MR) is 571 cm³/mol. The number of hydrogen-bond donors (Lipinski definition) is 1. The maximum Gasteiger partial charge on any atom is 0.195 e. The molecule has 139 heavy (non-hydrogen) atoms. The normalized spacial score (nSPS) is 17.5. The van der Waals surface area contributed by atoms with Gasteiger partial charge in [0.2, 0.25) is 0 Å². The van der Waals surface area contributed by atoms with Crippen molar-refractivity contribution in [1.82, 2.24) is 0 Å². The Morgan fingerprint density at radius 3 is 1.06 bits per heavy atom. The first kappa shape index (κ1) is 85.8. The third-order valence-electron chi connectivity index (χ3n) is 28.5. The largest absolute Gasteiger partial charge is 0.508 e. The minimum Gasteiger partial charge on any atom is -0.508 e. The van der Waals surface area contributed by atoms with E-state index in [0.29, 0.717) is 120 Å². The number of aromatic hydroxyl groups is 1. The highest BCUT2D eigenvalue weighted by molar-refractivity contribution is 6.59. The molecule has 0 spiro atoms. The maximum atomic E-state index is 17.4. The molecule has 0 radical (unpaired) electrons. The van der Waals surface area contributed by atoms with Crippen molar-refractivity contribution in [2.24, 2.45) is 11.8 Å². The zero-order valence-electron chi connectivity index (χ0n) is 76.8. The molecule has 3 atom stereocenters. The molecule has 0 aliphatic heterocycles. The van der Waals surface area contributed by atoms with Crippen LogP contribution in [0, 0.1) is 11.8 Å². The fourth-order valence-corrected chi connectivity index (χ4v) is 21.9. The number of Topliss-reactive ketones (excluding diaryl/α,β-unsaturated/α-hetero) is 4. The minimum absolute atomic E-state index is 0.0326. The van der Waals surface area contributed by atoms with E-state index in [0.717, 1.165) is 134 Å². The molecule has 16 bridgehead atoms. The molecule has 15 aromatic rings. The summed E-state index contributed by atoms with van der Waals surface area (Å²) in [5, 5.41) is 11.8. The molecule has 14 aliphatic rings. The number of benzene rings is 15. The number of carbonyl (C=O) groups excluding carboxylic acids is 4. The van der Waals surface area contributed by atoms with Gasteiger partial charge in [-0.05, 0) is 213 Å². The summed E-state index contributed by atoms with van der Waals surface area (Å²) in [6, 6.07) is 138. The highest BCUT2D eigenvalue weighted by Crippen LogP contribution is 2.58. The van der Waals surface area contributed by atoms with Gasteiger partial charge in [-0.1, -0.05) is 455 Å². The maximum absolute atomic E-state index is 17.4. The first-order valence-corrected chi connectivity index (χ1v) is 48.0. The van der Waals surface area contributed by atoms with E-state index in [9.17, 15) is 5.11 Å². The molecule has 0 aromatic heterocycles. The first-order valence-electron chi connectivity index (χ1n) is 48.0. The number of phenols is 1. The Bertz CT molecular complexity index is 8090. The highest BCUT2D eigenvalue weighted by Gasteiger charge is 2.45. The summed E-state index contributed by atoms with van der Waals surface area (Å²) in [6.07, 6.45) is 29.0. The number of phenolic OH excluding ortho intramolecular Hbond substituents is 1. The molecule has 0 fully saturated rings. The topological polar surface area (TPSA) is 88.5 Å². The summed E-state index contributed by atoms with van der Waals surface area (Å²) in [5.41, 5.74) is 33.2. The lowest BCUT2D eigenvalue weighted by atomic mass is 9.76. The van der Waals surface area contributed by atoms with E-state index in [1.807, 2.05) is 153 Å². The number of allylic oxidation sites excluding steroid dienone is 32. The molecular formula is C134H94O5. The van der Waals surface area contributed by atoms with Gasteiger partial charge in [-0.25, -0.2) is 0 Å². The average molecular weight is 1780 g/mol. The van der Waals surface area contributed by atoms with Gasteiger partial charge in [-0.15, -0.1) is 0 Å². The molecule has 15 aromatic carbocycles. The van der Waals surface area contributed by atoms with Gasteiger partial charge in [0.05, 0.1) is 0 Å². The number of ketones is 4. The van der Waals surface area contributed by atoms with Crippen LogP contribution in [0.4, 0.5) is 0 Å². The van der Waals surface area contributed by atoms with Gasteiger partial charge >= 0.3 is 0 Å². The average Bonchev–Trinajstić information content (AvgIpc) is 1.58. The molecule has 29 rings (SSSR count). The molecular weight excluding hydrogens is 1690 g/mol. The molecule has 1 N–H and O–H groups in total. The van der Waals surface area contributed by atoms with Gasteiger partial charge in [0.15, 0.2) is 23.1 Å². The van der Waals surface area contributed by atoms with E-state index >= 15 is 19.2 Å². The van der Waals surface area contributed by atoms with E-state index in [-0.39, 0.29) is 40.7 Å². The molecule has 5 nitrogen and oxygen atoms in total. The van der Waals surface area contributed by atoms with Crippen LogP contribution in [0.2, 0.25) is 0 Å². The van der Waals surface area contributed by atoms with Gasteiger partial charge in [0, 0.05) is 95.8 Å². The lowest BCUT2D eigenvalue weighted by Gasteiger charge is -2.27. The van der Waals surface area contributed by atoms with Crippen molar-refractivity contribution in [3.63, 3.8) is 0 Å². The van der Waals surface area contributed by atoms with Crippen LogP contribution in [0.5, 0.6) is 5.75 Å². The van der Waals surface area contributed by atoms with Crippen LogP contribution in [0.25, 0.3) is 111 Å². The van der Waals surface area contributed by atoms with E-state index < -0.39 is 5.92 Å². The second-order valence-corrected chi connectivity index (χ2v) is 36.7. The second kappa shape index (κ2) is 37.1. The van der Waals surface area contributed by atoms with Crippen LogP contribution in [-0.4, -0.2) is 28.2 Å². The summed E-state index contributed by atoms with van der Waals surface area (Å²) in [4.78, 5) is 69.3. The summed E-state index contributed by atoms with van der Waals surface area (Å²) in [5.74, 6) is -1.30. The van der Waals surface area contributed by atoms with Crippen molar-refractivity contribution in [2.45, 2.75) is 38.5 Å². The van der Waals surface area contributed by atoms with E-state index in [1.54, 1.807) is 12.1 Å². The Balaban J connectivity index is 0.785. The third kappa shape index (κ3) is 16.1. The summed E-state index contributed by atoms with van der Waals surface area (Å²) in [6.45, 7) is 2.04. The van der Waals surface area contributed by atoms with Gasteiger partial charge in [0.1, 0.15) is 5.75 Å². The summed E-state index contributed by atoms with van der Waals surface area (Å²) >= 11 is 0. The van der Waals surface area contributed by atoms with Crippen molar-refractivity contribution in [3.8, 4) is 50.3 Å². The molecule has 0 saturated carbocycles. The fraction of sp³-hybridized carbons (Fsp3) is 0.0597. The lowest BCUT2D eigenvalue weighted by Crippen LogP contribution is -2.16. The standard InChI is InChI=1S/C134H94O5/c1-2-86(44-24-31-85-29-10-3-11-30-85)115-119(110-48-25-45-107(81-110)90-38-18-7-19-39-90)127-103-75-67-102(68-76-103)126-118(98-63-57-95(58-64-98)89-36-16-6-17-37-89)122(113-51-28-52-114(135)84-113)130(134(126)139)106-79-71-101(72-80-106)125-117(97-61-55-94(56-62-97)88-34-14-5-15-35-88)121(112-50-27-47-109(83-112)92-42-22-9-23-43-92)129(133(125)138)105-77-69-100(70-78-105)124-116(96-59-53-93(54-60-96)87-32-12-4-13-33-87)120(111-49-26-46-108(82-111)91-40-20-8-21-41-91)128(132(124)137)104-73-65-99(66-74-104)123(115)131(127)136/h2-30,32-49,51-55,57-77,79-84,94,105,112,135H,31,50,56,78H2,1H3/b44-24-,86-2+. The van der Waals surface area contributed by atoms with Crippen molar-refractivity contribution >= 4 is 90.0 Å². The van der Waals surface area contributed by atoms with Crippen molar-refractivity contribution in [1.29, 1.82) is 0 Å². The number of carbonyl (C=O) groups is 4. The molecule has 3 unspecified atom stereocenters. The van der Waals surface area contributed by atoms with E-state index in [1.165, 1.54) is 5.56 Å². The van der Waals surface area contributed by atoms with Crippen molar-refractivity contribution in [3.05, 3.63) is 602 Å². The van der Waals surface area contributed by atoms with Crippen LogP contribution >= 0.6 is 0 Å². The Labute approximate surface area is 811 Å². The van der Waals surface area contributed by atoms with Crippen LogP contribution in [0.3, 0.4) is 0 Å². The molecule has 0 amide bonds. The molecule has 0 heterocycles. The predicted octanol–water partition coefficient (Wildman–Crippen LogP) is 31.3. The monoisotopic (exact) mass is 1780 g/mol. The Morgan fingerprint density at radius 1 is 0.266 bits per heavy atom. The van der Waals surface area contributed by atoms with Crippen LogP contribution < -0.4 is 0 Å². The number of hydrogen-bond acceptors (Lipinski definition) is 5. The van der Waals surface area contributed by atoms with E-state index in [2.05, 4.69) is 322 Å². The first-order chi connectivity index (χ1) is 68.5. The van der Waals surface area contributed by atoms with Gasteiger partial charge in [0.25, 0.3) is 0 Å². The zero-order valence-corrected chi connectivity index (χ0v) is 76.8. The van der Waals surface area contributed by atoms with E-state index in [4.69, 9.17) is 0 Å². The summed E-state index contributed by atoms with van der Waals surface area (Å²) < 4.78 is 0. The fourth-order valence-electron chi connectivity index (χ4n) is 21.9. The quantitative estimate of drug-likeness (QED) is 0.0918. The second-order valence-electron chi connectivity index (χ2n) is 36.7. The third-order valence-corrected chi connectivity index (χ3v) is 28.5. The van der Waals surface area contributed by atoms with Gasteiger partial charge in [-0.3, -0.25) is 19.2 Å². The Morgan fingerprint density at radius 2 is 0.604 bits per heavy atom. The smallest absolute Gasteiger partial charge is 0.195 e. The van der Waals surface area contributed by atoms with Crippen molar-refractivity contribution < 1.29 is 24.3 Å². The lowest BCUT2D eigenvalue weighted by molar-refractivity contribution is -0.111. The number of rotatable bonds is 17.